The number of rotatable bonds is 7. The van der Waals surface area contributed by atoms with Crippen molar-refractivity contribution in [3.05, 3.63) is 65.7 Å². The molecule has 2 aliphatic heterocycles. The molecule has 0 spiro atoms. The molecule has 3 heterocycles. The Hall–Kier alpha value is -3.60. The van der Waals surface area contributed by atoms with Crippen molar-refractivity contribution < 1.29 is 23.8 Å². The normalized spacial score (nSPS) is 19.9. The molecule has 1 aromatic heterocycles. The molecule has 2 fully saturated rings. The summed E-state index contributed by atoms with van der Waals surface area (Å²) in [5.74, 6) is -0.333. The Bertz CT molecular complexity index is 1300. The topological polar surface area (TPSA) is 123 Å². The summed E-state index contributed by atoms with van der Waals surface area (Å²) in [6, 6.07) is 11.7. The van der Waals surface area contributed by atoms with Gasteiger partial charge in [0.25, 0.3) is 5.91 Å². The zero-order valence-electron chi connectivity index (χ0n) is 21.3. The fourth-order valence-electron chi connectivity index (χ4n) is 5.28. The van der Waals surface area contributed by atoms with E-state index in [9.17, 15) is 14.3 Å². The van der Waals surface area contributed by atoms with Crippen LogP contribution in [0.5, 0.6) is 5.75 Å². The van der Waals surface area contributed by atoms with Crippen molar-refractivity contribution in [3.8, 4) is 17.1 Å². The molecule has 200 valence electrons. The van der Waals surface area contributed by atoms with E-state index in [2.05, 4.69) is 26.3 Å². The Labute approximate surface area is 220 Å². The summed E-state index contributed by atoms with van der Waals surface area (Å²) in [6.07, 6.45) is 3.93. The molecule has 3 aromatic rings. The highest BCUT2D eigenvalue weighted by molar-refractivity contribution is 6.05. The van der Waals surface area contributed by atoms with Crippen LogP contribution in [0.25, 0.3) is 11.4 Å². The molecular weight excluding hydrogens is 489 g/mol. The number of hydrogen-bond donors (Lipinski definition) is 3. The summed E-state index contributed by atoms with van der Waals surface area (Å²) >= 11 is 0. The van der Waals surface area contributed by atoms with E-state index < -0.39 is 11.7 Å². The molecule has 2 aliphatic rings. The molecule has 0 aliphatic carbocycles. The first-order valence-electron chi connectivity index (χ1n) is 12.8. The van der Waals surface area contributed by atoms with Crippen LogP contribution in [0.15, 0.2) is 48.7 Å². The summed E-state index contributed by atoms with van der Waals surface area (Å²) in [7, 11) is 1.43. The van der Waals surface area contributed by atoms with Crippen LogP contribution in [0.1, 0.15) is 41.2 Å². The van der Waals surface area contributed by atoms with Crippen molar-refractivity contribution >= 4 is 17.3 Å². The zero-order chi connectivity index (χ0) is 26.6. The minimum Gasteiger partial charge on any atom is -0.496 e. The molecule has 4 N–H and O–H groups in total. The Morgan fingerprint density at radius 3 is 2.84 bits per heavy atom. The van der Waals surface area contributed by atoms with Crippen LogP contribution in [0.3, 0.4) is 0 Å². The highest BCUT2D eigenvalue weighted by Gasteiger charge is 2.32. The van der Waals surface area contributed by atoms with Gasteiger partial charge in [0.1, 0.15) is 17.3 Å². The number of aromatic nitrogens is 2. The number of anilines is 2. The molecule has 2 aromatic carbocycles. The highest BCUT2D eigenvalue weighted by atomic mass is 19.1. The number of amides is 1. The Kier molecular flexibility index (Phi) is 7.82. The van der Waals surface area contributed by atoms with Crippen molar-refractivity contribution in [1.82, 2.24) is 9.97 Å². The predicted molar refractivity (Wildman–Crippen MR) is 142 cm³/mol. The van der Waals surface area contributed by atoms with E-state index in [-0.39, 0.29) is 41.5 Å². The second kappa shape index (κ2) is 11.4. The number of hydrogen-bond acceptors (Lipinski definition) is 8. The average Bonchev–Trinajstić information content (AvgIpc) is 3.34. The quantitative estimate of drug-likeness (QED) is 0.433. The average molecular weight is 522 g/mol. The summed E-state index contributed by atoms with van der Waals surface area (Å²) in [5, 5.41) is 13.0. The molecule has 5 rings (SSSR count). The molecule has 0 saturated carbocycles. The summed E-state index contributed by atoms with van der Waals surface area (Å²) < 4.78 is 25.4. The lowest BCUT2D eigenvalue weighted by molar-refractivity contribution is 0.0853. The number of aliphatic hydroxyl groups is 1. The van der Waals surface area contributed by atoms with E-state index in [1.165, 1.54) is 31.5 Å². The maximum absolute atomic E-state index is 14.6. The van der Waals surface area contributed by atoms with Gasteiger partial charge in [-0.25, -0.2) is 14.4 Å². The van der Waals surface area contributed by atoms with Crippen molar-refractivity contribution in [2.45, 2.75) is 37.3 Å². The Balaban J connectivity index is 1.47. The Morgan fingerprint density at radius 2 is 2.08 bits per heavy atom. The molecule has 0 radical (unpaired) electrons. The SMILES string of the molecule is COc1cccc(F)c1-c1nccc(C(=O)Nc2ccc(C3CCOCC3)cc2N2C[C@@H](N)C[C@H]2CO)n1. The van der Waals surface area contributed by atoms with E-state index in [0.29, 0.717) is 24.6 Å². The number of carbonyl (C=O) groups is 1. The van der Waals surface area contributed by atoms with E-state index in [0.717, 1.165) is 37.3 Å². The van der Waals surface area contributed by atoms with Crippen LogP contribution in [0.2, 0.25) is 0 Å². The second-order valence-corrected chi connectivity index (χ2v) is 9.68. The summed E-state index contributed by atoms with van der Waals surface area (Å²) in [6.45, 7) is 1.96. The van der Waals surface area contributed by atoms with Crippen molar-refractivity contribution in [2.24, 2.45) is 5.73 Å². The molecular formula is C28H32FN5O4. The number of aliphatic hydroxyl groups excluding tert-OH is 1. The molecule has 10 heteroatoms. The van der Waals surface area contributed by atoms with Crippen molar-refractivity contribution in [2.75, 3.05) is 43.7 Å². The first-order valence-corrected chi connectivity index (χ1v) is 12.8. The number of nitrogens with one attached hydrogen (secondary N) is 1. The maximum atomic E-state index is 14.6. The molecule has 9 nitrogen and oxygen atoms in total. The minimum atomic E-state index is -0.548. The molecule has 2 atom stereocenters. The van der Waals surface area contributed by atoms with Gasteiger partial charge in [-0.05, 0) is 61.1 Å². The van der Waals surface area contributed by atoms with E-state index in [4.69, 9.17) is 15.2 Å². The van der Waals surface area contributed by atoms with E-state index in [1.807, 2.05) is 12.1 Å². The first kappa shape index (κ1) is 26.0. The van der Waals surface area contributed by atoms with Crippen LogP contribution < -0.4 is 20.7 Å². The van der Waals surface area contributed by atoms with Gasteiger partial charge in [0, 0.05) is 32.0 Å². The smallest absolute Gasteiger partial charge is 0.274 e. The lowest BCUT2D eigenvalue weighted by atomic mass is 9.91. The van der Waals surface area contributed by atoms with E-state index in [1.54, 1.807) is 6.07 Å². The Morgan fingerprint density at radius 1 is 1.26 bits per heavy atom. The summed E-state index contributed by atoms with van der Waals surface area (Å²) in [5.41, 5.74) is 8.96. The lowest BCUT2D eigenvalue weighted by Crippen LogP contribution is -2.34. The monoisotopic (exact) mass is 521 g/mol. The van der Waals surface area contributed by atoms with Crippen molar-refractivity contribution in [3.63, 3.8) is 0 Å². The van der Waals surface area contributed by atoms with Gasteiger partial charge in [-0.3, -0.25) is 4.79 Å². The molecule has 2 saturated heterocycles. The van der Waals surface area contributed by atoms with Gasteiger partial charge >= 0.3 is 0 Å². The van der Waals surface area contributed by atoms with Crippen LogP contribution in [0, 0.1) is 5.82 Å². The van der Waals surface area contributed by atoms with E-state index >= 15 is 0 Å². The number of halogens is 1. The molecule has 0 bridgehead atoms. The maximum Gasteiger partial charge on any atom is 0.274 e. The molecule has 1 amide bonds. The van der Waals surface area contributed by atoms with Gasteiger partial charge in [-0.2, -0.15) is 0 Å². The fraction of sp³-hybridized carbons (Fsp3) is 0.393. The third kappa shape index (κ3) is 5.33. The number of nitrogens with zero attached hydrogens (tertiary/aromatic N) is 3. The van der Waals surface area contributed by atoms with Gasteiger partial charge in [0.15, 0.2) is 5.82 Å². The lowest BCUT2D eigenvalue weighted by Gasteiger charge is -2.30. The number of nitrogens with two attached hydrogens (primary N) is 1. The molecule has 38 heavy (non-hydrogen) atoms. The first-order chi connectivity index (χ1) is 18.5. The van der Waals surface area contributed by atoms with Crippen LogP contribution in [-0.4, -0.2) is 66.5 Å². The minimum absolute atomic E-state index is 0.0394. The predicted octanol–water partition coefficient (Wildman–Crippen LogP) is 3.34. The van der Waals surface area contributed by atoms with Gasteiger partial charge < -0.3 is 30.5 Å². The van der Waals surface area contributed by atoms with Gasteiger partial charge in [0.2, 0.25) is 0 Å². The fourth-order valence-corrected chi connectivity index (χ4v) is 5.28. The number of methoxy groups -OCH3 is 1. The largest absolute Gasteiger partial charge is 0.496 e. The van der Waals surface area contributed by atoms with Crippen molar-refractivity contribution in [1.29, 1.82) is 0 Å². The standard InChI is InChI=1S/C28H32FN5O4/c1-37-25-4-2-3-21(29)26(25)27-31-10-7-23(32-27)28(36)33-22-6-5-18(17-8-11-38-12-9-17)13-24(22)34-15-19(30)14-20(34)16-35/h2-7,10,13,17,19-20,35H,8-9,11-12,14-16,30H2,1H3,(H,33,36)/t19-,20-/m0/s1. The van der Waals surface area contributed by atoms with Crippen LogP contribution in [0.4, 0.5) is 15.8 Å². The third-order valence-electron chi connectivity index (χ3n) is 7.24. The van der Waals surface area contributed by atoms with Crippen LogP contribution in [-0.2, 0) is 4.74 Å². The third-order valence-corrected chi connectivity index (χ3v) is 7.24. The number of carbonyl (C=O) groups excluding carboxylic acids is 1. The van der Waals surface area contributed by atoms with Gasteiger partial charge in [-0.15, -0.1) is 0 Å². The second-order valence-electron chi connectivity index (χ2n) is 9.68. The zero-order valence-corrected chi connectivity index (χ0v) is 21.3. The number of ether oxygens (including phenoxy) is 2. The summed E-state index contributed by atoms with van der Waals surface area (Å²) in [4.78, 5) is 23.9. The number of benzene rings is 2. The van der Waals surface area contributed by atoms with Gasteiger partial charge in [0.05, 0.1) is 36.7 Å². The van der Waals surface area contributed by atoms with Crippen LogP contribution >= 0.6 is 0 Å². The molecule has 0 unspecified atom stereocenters. The van der Waals surface area contributed by atoms with Gasteiger partial charge in [-0.1, -0.05) is 12.1 Å². The highest BCUT2D eigenvalue weighted by Crippen LogP contribution is 2.37.